The fraction of sp³-hybridized carbons (Fsp3) is 0.278. The first-order valence-corrected chi connectivity index (χ1v) is 7.69. The molecule has 124 valence electrons. The molecule has 0 spiro atoms. The summed E-state index contributed by atoms with van der Waals surface area (Å²) < 4.78 is 11.9. The maximum Gasteiger partial charge on any atom is 0.338 e. The van der Waals surface area contributed by atoms with Crippen LogP contribution in [0.4, 0.5) is 0 Å². The van der Waals surface area contributed by atoms with Crippen LogP contribution in [-0.2, 0) is 22.4 Å². The quantitative estimate of drug-likeness (QED) is 0.651. The Balaban J connectivity index is 2.01. The molecular weight excluding hydrogens is 306 g/mol. The van der Waals surface area contributed by atoms with E-state index in [1.54, 1.807) is 25.6 Å². The molecule has 0 unspecified atom stereocenters. The summed E-state index contributed by atoms with van der Waals surface area (Å²) >= 11 is 0. The number of aromatic nitrogens is 3. The van der Waals surface area contributed by atoms with Crippen molar-refractivity contribution in [2.75, 3.05) is 20.8 Å². The van der Waals surface area contributed by atoms with Crippen LogP contribution in [0.25, 0.3) is 10.9 Å². The van der Waals surface area contributed by atoms with Crippen molar-refractivity contribution in [2.24, 2.45) is 0 Å². The second-order valence-electron chi connectivity index (χ2n) is 5.38. The van der Waals surface area contributed by atoms with E-state index in [4.69, 9.17) is 14.6 Å². The van der Waals surface area contributed by atoms with Gasteiger partial charge in [0.25, 0.3) is 0 Å². The van der Waals surface area contributed by atoms with Gasteiger partial charge in [-0.05, 0) is 17.7 Å². The number of carbonyl (C=O) groups excluding carboxylic acids is 1. The highest BCUT2D eigenvalue weighted by Gasteiger charge is 2.16. The van der Waals surface area contributed by atoms with E-state index in [0.29, 0.717) is 25.1 Å². The fourth-order valence-corrected chi connectivity index (χ4v) is 2.73. The van der Waals surface area contributed by atoms with Gasteiger partial charge in [-0.3, -0.25) is 9.67 Å². The predicted octanol–water partition coefficient (Wildman–Crippen LogP) is 2.46. The average Bonchev–Trinajstić information content (AvgIpc) is 2.97. The molecule has 6 heteroatoms. The maximum atomic E-state index is 11.9. The highest BCUT2D eigenvalue weighted by atomic mass is 16.5. The molecule has 6 nitrogen and oxygen atoms in total. The molecule has 2 aromatic heterocycles. The van der Waals surface area contributed by atoms with Crippen molar-refractivity contribution in [2.45, 2.75) is 13.0 Å². The SMILES string of the molecule is COCCn1nc(Cc2cnccc2C(=O)OC)c2ccccc21. The Morgan fingerprint density at radius 3 is 2.83 bits per heavy atom. The molecule has 0 bridgehead atoms. The Bertz CT molecular complexity index is 858. The molecule has 1 aromatic carbocycles. The fourth-order valence-electron chi connectivity index (χ4n) is 2.73. The van der Waals surface area contributed by atoms with Gasteiger partial charge < -0.3 is 9.47 Å². The van der Waals surface area contributed by atoms with Gasteiger partial charge in [-0.15, -0.1) is 0 Å². The summed E-state index contributed by atoms with van der Waals surface area (Å²) in [5, 5.41) is 5.77. The summed E-state index contributed by atoms with van der Waals surface area (Å²) in [6.45, 7) is 1.26. The maximum absolute atomic E-state index is 11.9. The van der Waals surface area contributed by atoms with Crippen molar-refractivity contribution in [3.05, 3.63) is 59.5 Å². The molecule has 0 atom stereocenters. The van der Waals surface area contributed by atoms with Gasteiger partial charge in [0.15, 0.2) is 0 Å². The molecule has 2 heterocycles. The third kappa shape index (κ3) is 3.14. The molecule has 0 aliphatic heterocycles. The second-order valence-corrected chi connectivity index (χ2v) is 5.38. The third-order valence-corrected chi connectivity index (χ3v) is 3.91. The lowest BCUT2D eigenvalue weighted by atomic mass is 10.0. The van der Waals surface area contributed by atoms with Crippen LogP contribution in [0.15, 0.2) is 42.7 Å². The topological polar surface area (TPSA) is 66.2 Å². The van der Waals surface area contributed by atoms with Gasteiger partial charge in [-0.2, -0.15) is 5.10 Å². The van der Waals surface area contributed by atoms with Gasteiger partial charge >= 0.3 is 5.97 Å². The van der Waals surface area contributed by atoms with Crippen LogP contribution in [0.2, 0.25) is 0 Å². The molecule has 3 rings (SSSR count). The minimum absolute atomic E-state index is 0.365. The zero-order chi connectivity index (χ0) is 16.9. The summed E-state index contributed by atoms with van der Waals surface area (Å²) in [5.74, 6) is -0.365. The van der Waals surface area contributed by atoms with Crippen molar-refractivity contribution in [3.8, 4) is 0 Å². The molecule has 0 radical (unpaired) electrons. The zero-order valence-electron chi connectivity index (χ0n) is 13.7. The van der Waals surface area contributed by atoms with E-state index in [0.717, 1.165) is 22.2 Å². The molecule has 3 aromatic rings. The number of pyridine rings is 1. The van der Waals surface area contributed by atoms with Crippen LogP contribution < -0.4 is 0 Å². The molecule has 0 saturated carbocycles. The first kappa shape index (κ1) is 16.1. The Kier molecular flexibility index (Phi) is 4.86. The first-order valence-electron chi connectivity index (χ1n) is 7.69. The molecule has 0 saturated heterocycles. The number of carbonyl (C=O) groups is 1. The summed E-state index contributed by atoms with van der Waals surface area (Å²) in [6.07, 6.45) is 3.79. The number of nitrogens with zero attached hydrogens (tertiary/aromatic N) is 3. The molecule has 0 aliphatic rings. The number of hydrogen-bond acceptors (Lipinski definition) is 5. The largest absolute Gasteiger partial charge is 0.465 e. The van der Waals surface area contributed by atoms with Gasteiger partial charge in [-0.25, -0.2) is 4.79 Å². The van der Waals surface area contributed by atoms with Gasteiger partial charge in [0.05, 0.1) is 37.0 Å². The van der Waals surface area contributed by atoms with Crippen molar-refractivity contribution >= 4 is 16.9 Å². The van der Waals surface area contributed by atoms with Crippen molar-refractivity contribution in [1.82, 2.24) is 14.8 Å². The Labute approximate surface area is 140 Å². The van der Waals surface area contributed by atoms with E-state index in [2.05, 4.69) is 4.98 Å². The van der Waals surface area contributed by atoms with E-state index in [1.165, 1.54) is 7.11 Å². The summed E-state index contributed by atoms with van der Waals surface area (Å²) in [4.78, 5) is 16.1. The lowest BCUT2D eigenvalue weighted by Crippen LogP contribution is -2.08. The molecule has 24 heavy (non-hydrogen) atoms. The van der Waals surface area contributed by atoms with Gasteiger partial charge in [-0.1, -0.05) is 18.2 Å². The van der Waals surface area contributed by atoms with Crippen molar-refractivity contribution < 1.29 is 14.3 Å². The predicted molar refractivity (Wildman–Crippen MR) is 90.0 cm³/mol. The van der Waals surface area contributed by atoms with Crippen LogP contribution in [-0.4, -0.2) is 41.6 Å². The minimum atomic E-state index is -0.365. The number of rotatable bonds is 6. The van der Waals surface area contributed by atoms with Crippen LogP contribution in [0.5, 0.6) is 0 Å². The normalized spacial score (nSPS) is 10.9. The van der Waals surface area contributed by atoms with Gasteiger partial charge in [0.2, 0.25) is 0 Å². The summed E-state index contributed by atoms with van der Waals surface area (Å²) in [5.41, 5.74) is 3.27. The second kappa shape index (κ2) is 7.23. The Hall–Kier alpha value is -2.73. The summed E-state index contributed by atoms with van der Waals surface area (Å²) in [7, 11) is 3.05. The Morgan fingerprint density at radius 1 is 1.21 bits per heavy atom. The van der Waals surface area contributed by atoms with E-state index < -0.39 is 0 Å². The standard InChI is InChI=1S/C18H19N3O3/c1-23-10-9-21-17-6-4-3-5-15(17)16(20-21)11-13-12-19-8-7-14(13)18(22)24-2/h3-8,12H,9-11H2,1-2H3. The van der Waals surface area contributed by atoms with E-state index >= 15 is 0 Å². The molecular formula is C18H19N3O3. The van der Waals surface area contributed by atoms with Crippen LogP contribution in [0.3, 0.4) is 0 Å². The minimum Gasteiger partial charge on any atom is -0.465 e. The number of ether oxygens (including phenoxy) is 2. The molecule has 0 amide bonds. The number of fused-ring (bicyclic) bond motifs is 1. The van der Waals surface area contributed by atoms with Crippen molar-refractivity contribution in [1.29, 1.82) is 0 Å². The lowest BCUT2D eigenvalue weighted by Gasteiger charge is -2.06. The number of benzene rings is 1. The average molecular weight is 325 g/mol. The lowest BCUT2D eigenvalue weighted by molar-refractivity contribution is 0.0599. The first-order chi connectivity index (χ1) is 11.7. The highest BCUT2D eigenvalue weighted by molar-refractivity contribution is 5.91. The molecule has 0 aliphatic carbocycles. The number of para-hydroxylation sites is 1. The van der Waals surface area contributed by atoms with Crippen LogP contribution in [0, 0.1) is 0 Å². The van der Waals surface area contributed by atoms with E-state index in [9.17, 15) is 4.79 Å². The molecule has 0 fully saturated rings. The Morgan fingerprint density at radius 2 is 2.04 bits per heavy atom. The van der Waals surface area contributed by atoms with Gasteiger partial charge in [0.1, 0.15) is 0 Å². The van der Waals surface area contributed by atoms with E-state index in [-0.39, 0.29) is 5.97 Å². The van der Waals surface area contributed by atoms with Gasteiger partial charge in [0, 0.05) is 31.3 Å². The van der Waals surface area contributed by atoms with E-state index in [1.807, 2.05) is 28.9 Å². The highest BCUT2D eigenvalue weighted by Crippen LogP contribution is 2.22. The van der Waals surface area contributed by atoms with Crippen LogP contribution in [0.1, 0.15) is 21.6 Å². The smallest absolute Gasteiger partial charge is 0.338 e. The number of esters is 1. The number of methoxy groups -OCH3 is 2. The third-order valence-electron chi connectivity index (χ3n) is 3.91. The monoisotopic (exact) mass is 325 g/mol. The summed E-state index contributed by atoms with van der Waals surface area (Å²) in [6, 6.07) is 9.71. The number of hydrogen-bond donors (Lipinski definition) is 0. The zero-order valence-corrected chi connectivity index (χ0v) is 13.7. The van der Waals surface area contributed by atoms with Crippen molar-refractivity contribution in [3.63, 3.8) is 0 Å². The van der Waals surface area contributed by atoms with Crippen LogP contribution >= 0.6 is 0 Å². The molecule has 0 N–H and O–H groups in total.